The normalized spacial score (nSPS) is 27.4. The van der Waals surface area contributed by atoms with Crippen molar-refractivity contribution in [1.29, 1.82) is 0 Å². The molecule has 1 aliphatic heterocycles. The lowest BCUT2D eigenvalue weighted by molar-refractivity contribution is 0.122. The first-order valence-corrected chi connectivity index (χ1v) is 6.44. The molecule has 2 aliphatic rings. The van der Waals surface area contributed by atoms with Gasteiger partial charge in [-0.3, -0.25) is 0 Å². The van der Waals surface area contributed by atoms with Crippen molar-refractivity contribution in [3.63, 3.8) is 0 Å². The molecule has 1 aromatic carbocycles. The molecule has 0 spiro atoms. The minimum atomic E-state index is 0.346. The van der Waals surface area contributed by atoms with Gasteiger partial charge < -0.3 is 14.8 Å². The average Bonchev–Trinajstić information content (AvgIpc) is 2.57. The van der Waals surface area contributed by atoms with Crippen LogP contribution in [0.25, 0.3) is 0 Å². The van der Waals surface area contributed by atoms with Crippen molar-refractivity contribution in [3.8, 4) is 11.5 Å². The van der Waals surface area contributed by atoms with Crippen molar-refractivity contribution >= 4 is 0 Å². The number of hydrogen-bond acceptors (Lipinski definition) is 3. The van der Waals surface area contributed by atoms with Gasteiger partial charge in [-0.05, 0) is 37.5 Å². The first-order valence-electron chi connectivity index (χ1n) is 6.44. The molecule has 0 bridgehead atoms. The summed E-state index contributed by atoms with van der Waals surface area (Å²) in [7, 11) is 1.70. The van der Waals surface area contributed by atoms with Crippen LogP contribution in [0.3, 0.4) is 0 Å². The van der Waals surface area contributed by atoms with Crippen molar-refractivity contribution < 1.29 is 9.47 Å². The Morgan fingerprint density at radius 2 is 2.18 bits per heavy atom. The third-order valence-electron chi connectivity index (χ3n) is 3.80. The molecule has 0 radical (unpaired) electrons. The van der Waals surface area contributed by atoms with Crippen LogP contribution in [0.4, 0.5) is 0 Å². The zero-order chi connectivity index (χ0) is 11.7. The summed E-state index contributed by atoms with van der Waals surface area (Å²) in [6.07, 6.45) is 5.35. The molecule has 3 heteroatoms. The third-order valence-corrected chi connectivity index (χ3v) is 3.80. The lowest BCUT2D eigenvalue weighted by Crippen LogP contribution is -2.43. The van der Waals surface area contributed by atoms with Gasteiger partial charge in [-0.15, -0.1) is 0 Å². The van der Waals surface area contributed by atoms with E-state index in [1.54, 1.807) is 7.11 Å². The minimum absolute atomic E-state index is 0.346. The molecular formula is C14H19NO2. The minimum Gasteiger partial charge on any atom is -0.497 e. The SMILES string of the molecule is COc1ccc2c(c1)CN[C@@H]1CCCC[C@@H]1O2. The molecular weight excluding hydrogens is 214 g/mol. The van der Waals surface area contributed by atoms with Gasteiger partial charge in [0.05, 0.1) is 7.11 Å². The Bertz CT molecular complexity index is 405. The summed E-state index contributed by atoms with van der Waals surface area (Å²) in [6, 6.07) is 6.59. The molecule has 3 nitrogen and oxygen atoms in total. The number of methoxy groups -OCH3 is 1. The molecule has 1 aliphatic carbocycles. The molecule has 1 fully saturated rings. The highest BCUT2D eigenvalue weighted by molar-refractivity contribution is 5.41. The molecule has 0 aromatic heterocycles. The van der Waals surface area contributed by atoms with E-state index in [0.29, 0.717) is 12.1 Å². The fourth-order valence-electron chi connectivity index (χ4n) is 2.81. The van der Waals surface area contributed by atoms with Crippen LogP contribution >= 0.6 is 0 Å². The predicted molar refractivity (Wildman–Crippen MR) is 66.5 cm³/mol. The van der Waals surface area contributed by atoms with E-state index in [4.69, 9.17) is 9.47 Å². The number of benzene rings is 1. The summed E-state index contributed by atoms with van der Waals surface area (Å²) in [4.78, 5) is 0. The first-order chi connectivity index (χ1) is 8.36. The van der Waals surface area contributed by atoms with Gasteiger partial charge in [0.25, 0.3) is 0 Å². The van der Waals surface area contributed by atoms with E-state index in [0.717, 1.165) is 18.0 Å². The van der Waals surface area contributed by atoms with E-state index in [2.05, 4.69) is 11.4 Å². The van der Waals surface area contributed by atoms with Crippen LogP contribution in [0, 0.1) is 0 Å². The Labute approximate surface area is 102 Å². The number of hydrogen-bond donors (Lipinski definition) is 1. The quantitative estimate of drug-likeness (QED) is 0.808. The van der Waals surface area contributed by atoms with E-state index in [1.165, 1.54) is 31.2 Å². The molecule has 1 aromatic rings. The molecule has 0 saturated heterocycles. The maximum Gasteiger partial charge on any atom is 0.124 e. The van der Waals surface area contributed by atoms with Gasteiger partial charge in [0.1, 0.15) is 17.6 Å². The molecule has 0 amide bonds. The van der Waals surface area contributed by atoms with Gasteiger partial charge in [0, 0.05) is 18.2 Å². The number of rotatable bonds is 1. The average molecular weight is 233 g/mol. The van der Waals surface area contributed by atoms with Gasteiger partial charge in [-0.1, -0.05) is 6.42 Å². The van der Waals surface area contributed by atoms with Crippen molar-refractivity contribution in [2.75, 3.05) is 7.11 Å². The van der Waals surface area contributed by atoms with Crippen molar-refractivity contribution in [2.24, 2.45) is 0 Å². The van der Waals surface area contributed by atoms with Crippen molar-refractivity contribution in [3.05, 3.63) is 23.8 Å². The van der Waals surface area contributed by atoms with Gasteiger partial charge in [0.2, 0.25) is 0 Å². The van der Waals surface area contributed by atoms with Crippen molar-refractivity contribution in [1.82, 2.24) is 5.32 Å². The highest BCUT2D eigenvalue weighted by Crippen LogP contribution is 2.31. The second-order valence-corrected chi connectivity index (χ2v) is 4.90. The topological polar surface area (TPSA) is 30.5 Å². The summed E-state index contributed by atoms with van der Waals surface area (Å²) in [6.45, 7) is 0.883. The summed E-state index contributed by atoms with van der Waals surface area (Å²) in [5.41, 5.74) is 1.21. The highest BCUT2D eigenvalue weighted by atomic mass is 16.5. The third kappa shape index (κ3) is 2.12. The highest BCUT2D eigenvalue weighted by Gasteiger charge is 2.29. The Morgan fingerprint density at radius 1 is 1.29 bits per heavy atom. The second kappa shape index (κ2) is 4.57. The summed E-state index contributed by atoms with van der Waals surface area (Å²) < 4.78 is 11.4. The van der Waals surface area contributed by atoms with Crippen LogP contribution in [0.15, 0.2) is 18.2 Å². The smallest absolute Gasteiger partial charge is 0.124 e. The van der Waals surface area contributed by atoms with Crippen LogP contribution in [0.2, 0.25) is 0 Å². The molecule has 2 atom stereocenters. The second-order valence-electron chi connectivity index (χ2n) is 4.90. The van der Waals surface area contributed by atoms with Crippen molar-refractivity contribution in [2.45, 2.75) is 44.4 Å². The molecule has 1 heterocycles. The zero-order valence-electron chi connectivity index (χ0n) is 10.2. The Kier molecular flexibility index (Phi) is 2.93. The standard InChI is InChI=1S/C14H19NO2/c1-16-11-6-7-13-10(8-11)9-15-12-4-2-3-5-14(12)17-13/h6-8,12,14-15H,2-5,9H2,1H3/t12-,14+/m1/s1. The van der Waals surface area contributed by atoms with Gasteiger partial charge >= 0.3 is 0 Å². The molecule has 0 unspecified atom stereocenters. The maximum absolute atomic E-state index is 6.14. The van der Waals surface area contributed by atoms with Gasteiger partial charge in [-0.2, -0.15) is 0 Å². The monoisotopic (exact) mass is 233 g/mol. The van der Waals surface area contributed by atoms with Gasteiger partial charge in [0.15, 0.2) is 0 Å². The lowest BCUT2D eigenvalue weighted by Gasteiger charge is -2.30. The fraction of sp³-hybridized carbons (Fsp3) is 0.571. The van der Waals surface area contributed by atoms with Gasteiger partial charge in [-0.25, -0.2) is 0 Å². The van der Waals surface area contributed by atoms with Crippen LogP contribution in [-0.2, 0) is 6.54 Å². The molecule has 92 valence electrons. The van der Waals surface area contributed by atoms with Crippen LogP contribution in [0.5, 0.6) is 11.5 Å². The van der Waals surface area contributed by atoms with Crippen LogP contribution < -0.4 is 14.8 Å². The molecule has 1 N–H and O–H groups in total. The molecule has 3 rings (SSSR count). The van der Waals surface area contributed by atoms with E-state index < -0.39 is 0 Å². The number of nitrogens with one attached hydrogen (secondary N) is 1. The van der Waals surface area contributed by atoms with E-state index in [-0.39, 0.29) is 0 Å². The Balaban J connectivity index is 1.87. The van der Waals surface area contributed by atoms with Crippen LogP contribution in [0.1, 0.15) is 31.2 Å². The predicted octanol–water partition coefficient (Wildman–Crippen LogP) is 2.49. The van der Waals surface area contributed by atoms with E-state index >= 15 is 0 Å². The van der Waals surface area contributed by atoms with E-state index in [9.17, 15) is 0 Å². The first kappa shape index (κ1) is 10.9. The largest absolute Gasteiger partial charge is 0.497 e. The number of ether oxygens (including phenoxy) is 2. The summed E-state index contributed by atoms with van der Waals surface area (Å²) in [5, 5.41) is 3.61. The summed E-state index contributed by atoms with van der Waals surface area (Å²) in [5.74, 6) is 1.92. The fourth-order valence-corrected chi connectivity index (χ4v) is 2.81. The summed E-state index contributed by atoms with van der Waals surface area (Å²) >= 11 is 0. The molecule has 1 saturated carbocycles. The van der Waals surface area contributed by atoms with E-state index in [1.807, 2.05) is 12.1 Å². The number of fused-ring (bicyclic) bond motifs is 2. The zero-order valence-corrected chi connectivity index (χ0v) is 10.2. The lowest BCUT2D eigenvalue weighted by atomic mass is 9.92. The maximum atomic E-state index is 6.14. The van der Waals surface area contributed by atoms with Crippen LogP contribution in [-0.4, -0.2) is 19.3 Å². The molecule has 17 heavy (non-hydrogen) atoms. The Morgan fingerprint density at radius 3 is 3.06 bits per heavy atom. The Hall–Kier alpha value is -1.22.